The van der Waals surface area contributed by atoms with Gasteiger partial charge in [0.15, 0.2) is 9.92 Å². The van der Waals surface area contributed by atoms with Crippen LogP contribution in [0.25, 0.3) is 0 Å². The molecule has 2 heterocycles. The summed E-state index contributed by atoms with van der Waals surface area (Å²) in [5, 5.41) is 13.1. The highest BCUT2D eigenvalue weighted by atomic mass is 32.2. The molecule has 0 fully saturated rings. The van der Waals surface area contributed by atoms with Gasteiger partial charge < -0.3 is 10.1 Å². The van der Waals surface area contributed by atoms with E-state index in [-0.39, 0.29) is 10.9 Å². The summed E-state index contributed by atoms with van der Waals surface area (Å²) in [6, 6.07) is 1.73. The van der Waals surface area contributed by atoms with Crippen LogP contribution in [-0.2, 0) is 35.6 Å². The van der Waals surface area contributed by atoms with Crippen molar-refractivity contribution < 1.29 is 13.7 Å². The highest BCUT2D eigenvalue weighted by molar-refractivity contribution is 7.91. The number of rotatable bonds is 2. The second-order valence-corrected chi connectivity index (χ2v) is 9.83. The quantitative estimate of drug-likeness (QED) is 0.785. The average molecular weight is 416 g/mol. The zero-order valence-corrected chi connectivity index (χ0v) is 17.3. The third-order valence-corrected chi connectivity index (χ3v) is 7.50. The zero-order chi connectivity index (χ0) is 20.2. The number of nitrogens with zero attached hydrogens (tertiary/aromatic N) is 3. The SMILES string of the molecule is C[C@@H]1CCOc2c([S@](N)(=O)=NC(=O)Nc3c4c(cc5c3CCC5)CCC4)cnn21. The molecule has 2 aliphatic carbocycles. The average Bonchev–Trinajstić information content (AvgIpc) is 3.40. The Bertz CT molecular complexity index is 1100. The number of fused-ring (bicyclic) bond motifs is 3. The molecule has 3 aliphatic rings. The molecule has 8 nitrogen and oxygen atoms in total. The van der Waals surface area contributed by atoms with Crippen LogP contribution in [0.5, 0.6) is 5.88 Å². The molecular weight excluding hydrogens is 390 g/mol. The molecule has 0 unspecified atom stereocenters. The molecule has 1 aliphatic heterocycles. The van der Waals surface area contributed by atoms with Gasteiger partial charge in [-0.05, 0) is 67.7 Å². The Morgan fingerprint density at radius 2 is 1.97 bits per heavy atom. The van der Waals surface area contributed by atoms with Crippen molar-refractivity contribution >= 4 is 21.6 Å². The Labute approximate surface area is 170 Å². The first-order chi connectivity index (χ1) is 13.9. The minimum atomic E-state index is -3.47. The molecule has 0 radical (unpaired) electrons. The number of carbonyl (C=O) groups is 1. The van der Waals surface area contributed by atoms with Crippen molar-refractivity contribution in [2.75, 3.05) is 11.9 Å². The maximum atomic E-state index is 13.1. The number of ether oxygens (including phenoxy) is 1. The lowest BCUT2D eigenvalue weighted by molar-refractivity contribution is 0.196. The van der Waals surface area contributed by atoms with Gasteiger partial charge in [0, 0.05) is 12.1 Å². The number of amides is 2. The van der Waals surface area contributed by atoms with Gasteiger partial charge in [0.05, 0.1) is 18.8 Å². The van der Waals surface area contributed by atoms with Gasteiger partial charge in [-0.1, -0.05) is 6.07 Å². The number of aryl methyl sites for hydroxylation is 2. The Morgan fingerprint density at radius 3 is 2.66 bits per heavy atom. The Morgan fingerprint density at radius 1 is 1.28 bits per heavy atom. The fraction of sp³-hybridized carbons (Fsp3) is 0.500. The summed E-state index contributed by atoms with van der Waals surface area (Å²) >= 11 is 0. The van der Waals surface area contributed by atoms with E-state index in [9.17, 15) is 9.00 Å². The van der Waals surface area contributed by atoms with E-state index in [0.29, 0.717) is 12.5 Å². The lowest BCUT2D eigenvalue weighted by Crippen LogP contribution is -2.22. The largest absolute Gasteiger partial charge is 0.477 e. The molecule has 29 heavy (non-hydrogen) atoms. The molecule has 2 aromatic rings. The van der Waals surface area contributed by atoms with E-state index < -0.39 is 15.9 Å². The lowest BCUT2D eigenvalue weighted by atomic mass is 9.99. The number of hydrogen-bond donors (Lipinski definition) is 2. The summed E-state index contributed by atoms with van der Waals surface area (Å²) in [6.07, 6.45) is 8.34. The molecule has 0 saturated carbocycles. The Hall–Kier alpha value is -2.39. The Balaban J connectivity index is 1.49. The number of nitrogens with one attached hydrogen (secondary N) is 1. The summed E-state index contributed by atoms with van der Waals surface area (Å²) in [5.74, 6) is 0.342. The van der Waals surface area contributed by atoms with Crippen LogP contribution < -0.4 is 15.2 Å². The van der Waals surface area contributed by atoms with E-state index in [0.717, 1.165) is 50.6 Å². The van der Waals surface area contributed by atoms with E-state index in [4.69, 9.17) is 9.88 Å². The standard InChI is InChI=1S/C20H25N5O3S/c1-12-8-9-28-19-17(11-22-25(12)19)29(21,27)24-20(26)23-18-15-6-2-4-13(15)10-14-5-3-7-16(14)18/h10-12H,2-9H2,1H3,(H3,21,23,24,26,27)/t12-,29-/m1/s1. The summed E-state index contributed by atoms with van der Waals surface area (Å²) in [4.78, 5) is 12.9. The Kier molecular flexibility index (Phi) is 4.40. The summed E-state index contributed by atoms with van der Waals surface area (Å²) in [7, 11) is -3.47. The summed E-state index contributed by atoms with van der Waals surface area (Å²) in [6.45, 7) is 2.49. The zero-order valence-electron chi connectivity index (χ0n) is 16.4. The van der Waals surface area contributed by atoms with Crippen LogP contribution in [-0.4, -0.2) is 26.6 Å². The summed E-state index contributed by atoms with van der Waals surface area (Å²) < 4.78 is 24.2. The number of hydrogen-bond acceptors (Lipinski definition) is 4. The van der Waals surface area contributed by atoms with E-state index in [1.54, 1.807) is 4.68 Å². The first-order valence-corrected chi connectivity index (χ1v) is 11.7. The van der Waals surface area contributed by atoms with Gasteiger partial charge >= 0.3 is 6.03 Å². The van der Waals surface area contributed by atoms with Crippen molar-refractivity contribution in [1.82, 2.24) is 9.78 Å². The third kappa shape index (κ3) is 3.12. The van der Waals surface area contributed by atoms with Gasteiger partial charge in [-0.15, -0.1) is 4.36 Å². The maximum Gasteiger partial charge on any atom is 0.354 e. The minimum absolute atomic E-state index is 0.117. The minimum Gasteiger partial charge on any atom is -0.477 e. The van der Waals surface area contributed by atoms with E-state index >= 15 is 0 Å². The second kappa shape index (κ2) is 6.84. The molecule has 1 aromatic heterocycles. The number of anilines is 1. The molecule has 0 saturated heterocycles. The predicted molar refractivity (Wildman–Crippen MR) is 110 cm³/mol. The fourth-order valence-corrected chi connectivity index (χ4v) is 5.70. The first kappa shape index (κ1) is 18.6. The van der Waals surface area contributed by atoms with Crippen LogP contribution in [0.2, 0.25) is 0 Å². The van der Waals surface area contributed by atoms with Crippen molar-refractivity contribution in [1.29, 1.82) is 0 Å². The number of benzene rings is 1. The first-order valence-electron chi connectivity index (χ1n) is 10.2. The third-order valence-electron chi connectivity index (χ3n) is 6.15. The fourth-order valence-electron chi connectivity index (χ4n) is 4.70. The van der Waals surface area contributed by atoms with Gasteiger partial charge in [0.25, 0.3) is 0 Å². The van der Waals surface area contributed by atoms with Gasteiger partial charge in [0.1, 0.15) is 4.90 Å². The van der Waals surface area contributed by atoms with Crippen LogP contribution in [0.1, 0.15) is 54.5 Å². The van der Waals surface area contributed by atoms with Gasteiger partial charge in [-0.3, -0.25) is 0 Å². The molecule has 5 rings (SSSR count). The smallest absolute Gasteiger partial charge is 0.354 e. The van der Waals surface area contributed by atoms with Crippen LogP contribution in [0, 0.1) is 0 Å². The van der Waals surface area contributed by atoms with E-state index in [2.05, 4.69) is 20.8 Å². The molecule has 0 bridgehead atoms. The van der Waals surface area contributed by atoms with Crippen molar-refractivity contribution in [3.05, 3.63) is 34.5 Å². The molecule has 154 valence electrons. The van der Waals surface area contributed by atoms with E-state index in [1.165, 1.54) is 28.5 Å². The number of nitrogens with two attached hydrogens (primary N) is 1. The molecule has 9 heteroatoms. The van der Waals surface area contributed by atoms with Crippen molar-refractivity contribution in [3.8, 4) is 5.88 Å². The highest BCUT2D eigenvalue weighted by Gasteiger charge is 2.28. The van der Waals surface area contributed by atoms with Crippen molar-refractivity contribution in [2.24, 2.45) is 9.50 Å². The number of urea groups is 1. The molecular formula is C20H25N5O3S. The second-order valence-electron chi connectivity index (χ2n) is 8.07. The lowest BCUT2D eigenvalue weighted by Gasteiger charge is -2.22. The van der Waals surface area contributed by atoms with Crippen molar-refractivity contribution in [2.45, 2.75) is 62.8 Å². The van der Waals surface area contributed by atoms with Crippen molar-refractivity contribution in [3.63, 3.8) is 0 Å². The predicted octanol–water partition coefficient (Wildman–Crippen LogP) is 3.14. The van der Waals surface area contributed by atoms with Gasteiger partial charge in [-0.25, -0.2) is 18.8 Å². The topological polar surface area (TPSA) is 112 Å². The van der Waals surface area contributed by atoms with Crippen LogP contribution >= 0.6 is 0 Å². The molecule has 3 N–H and O–H groups in total. The monoisotopic (exact) mass is 415 g/mol. The van der Waals surface area contributed by atoms with Crippen LogP contribution in [0.15, 0.2) is 21.5 Å². The summed E-state index contributed by atoms with van der Waals surface area (Å²) in [5.41, 5.74) is 5.86. The van der Waals surface area contributed by atoms with Crippen LogP contribution in [0.4, 0.5) is 10.5 Å². The maximum absolute atomic E-state index is 13.1. The molecule has 0 spiro atoms. The van der Waals surface area contributed by atoms with Gasteiger partial charge in [0.2, 0.25) is 5.88 Å². The van der Waals surface area contributed by atoms with Gasteiger partial charge in [-0.2, -0.15) is 5.10 Å². The van der Waals surface area contributed by atoms with E-state index in [1.807, 2.05) is 6.92 Å². The number of aromatic nitrogens is 2. The molecule has 2 amide bonds. The number of carbonyl (C=O) groups excluding carboxylic acids is 1. The molecule has 1 aromatic carbocycles. The molecule has 2 atom stereocenters. The highest BCUT2D eigenvalue weighted by Crippen LogP contribution is 2.39. The normalized spacial score (nSPS) is 21.5. The van der Waals surface area contributed by atoms with Crippen LogP contribution in [0.3, 0.4) is 0 Å².